The number of methoxy groups -OCH3 is 1. The third kappa shape index (κ3) is 4.12. The fourth-order valence-electron chi connectivity index (χ4n) is 2.36. The fraction of sp³-hybridized carbons (Fsp3) is 0.263. The highest BCUT2D eigenvalue weighted by molar-refractivity contribution is 6.04. The normalized spacial score (nSPS) is 11.1. The Balaban J connectivity index is 2.46. The van der Waals surface area contributed by atoms with Gasteiger partial charge in [-0.2, -0.15) is 5.26 Å². The van der Waals surface area contributed by atoms with Gasteiger partial charge in [0.25, 0.3) is 5.91 Å². The summed E-state index contributed by atoms with van der Waals surface area (Å²) in [5.41, 5.74) is 0.761. The van der Waals surface area contributed by atoms with E-state index in [1.807, 2.05) is 49.4 Å². The highest BCUT2D eigenvalue weighted by Gasteiger charge is 2.12. The van der Waals surface area contributed by atoms with Crippen LogP contribution in [0, 0.1) is 11.3 Å². The minimum absolute atomic E-state index is 0.0309. The Hall–Kier alpha value is -2.84. The lowest BCUT2D eigenvalue weighted by Gasteiger charge is -2.11. The van der Waals surface area contributed by atoms with Crippen molar-refractivity contribution in [2.45, 2.75) is 6.92 Å². The number of carbonyl (C=O) groups is 1. The number of hydrogen-bond acceptors (Lipinski definition) is 4. The van der Waals surface area contributed by atoms with Gasteiger partial charge in [-0.25, -0.2) is 0 Å². The van der Waals surface area contributed by atoms with E-state index in [-0.39, 0.29) is 5.57 Å². The van der Waals surface area contributed by atoms with Crippen LogP contribution in [0.15, 0.2) is 42.0 Å². The summed E-state index contributed by atoms with van der Waals surface area (Å²) in [5.74, 6) is 0.221. The van der Waals surface area contributed by atoms with Crippen molar-refractivity contribution in [2.24, 2.45) is 0 Å². The largest absolute Gasteiger partial charge is 0.493 e. The van der Waals surface area contributed by atoms with Crippen LogP contribution in [-0.2, 0) is 9.53 Å². The first-order chi connectivity index (χ1) is 11.7. The van der Waals surface area contributed by atoms with Crippen molar-refractivity contribution in [2.75, 3.05) is 26.9 Å². The molecule has 0 aliphatic rings. The van der Waals surface area contributed by atoms with Crippen molar-refractivity contribution >= 4 is 22.8 Å². The third-order valence-corrected chi connectivity index (χ3v) is 3.48. The van der Waals surface area contributed by atoms with Gasteiger partial charge in [-0.05, 0) is 29.8 Å². The van der Waals surface area contributed by atoms with Crippen LogP contribution in [0.25, 0.3) is 16.8 Å². The predicted molar refractivity (Wildman–Crippen MR) is 93.6 cm³/mol. The standard InChI is InChI=1S/C19H20N2O3/c1-3-24-18-9-8-14-6-4-5-7-16(14)17(18)12-15(13-20)19(22)21-10-11-23-2/h4-9,12H,3,10-11H2,1-2H3,(H,21,22)/b15-12+. The fourth-order valence-corrected chi connectivity index (χ4v) is 2.36. The molecule has 0 bridgehead atoms. The molecule has 0 atom stereocenters. The molecule has 0 fully saturated rings. The van der Waals surface area contributed by atoms with E-state index in [1.165, 1.54) is 0 Å². The molecular formula is C19H20N2O3. The molecule has 1 amide bonds. The molecule has 0 aliphatic carbocycles. The maximum absolute atomic E-state index is 12.2. The maximum atomic E-state index is 12.2. The minimum Gasteiger partial charge on any atom is -0.493 e. The molecule has 0 heterocycles. The summed E-state index contributed by atoms with van der Waals surface area (Å²) in [5, 5.41) is 14.0. The SMILES string of the molecule is CCOc1ccc2ccccc2c1/C=C(\C#N)C(=O)NCCOC. The summed E-state index contributed by atoms with van der Waals surface area (Å²) >= 11 is 0. The monoisotopic (exact) mass is 324 g/mol. The molecule has 1 N–H and O–H groups in total. The molecule has 2 aromatic rings. The Morgan fingerprint density at radius 3 is 2.79 bits per heavy atom. The molecule has 124 valence electrons. The van der Waals surface area contributed by atoms with E-state index >= 15 is 0 Å². The maximum Gasteiger partial charge on any atom is 0.262 e. The van der Waals surface area contributed by atoms with E-state index in [2.05, 4.69) is 5.32 Å². The van der Waals surface area contributed by atoms with E-state index in [0.717, 1.165) is 16.3 Å². The first-order valence-corrected chi connectivity index (χ1v) is 7.74. The molecule has 0 unspecified atom stereocenters. The molecule has 24 heavy (non-hydrogen) atoms. The van der Waals surface area contributed by atoms with Crippen LogP contribution < -0.4 is 10.1 Å². The lowest BCUT2D eigenvalue weighted by Crippen LogP contribution is -2.27. The van der Waals surface area contributed by atoms with E-state index in [0.29, 0.717) is 25.5 Å². The number of nitrogens with zero attached hydrogens (tertiary/aromatic N) is 1. The van der Waals surface area contributed by atoms with Crippen molar-refractivity contribution in [3.63, 3.8) is 0 Å². The average molecular weight is 324 g/mol. The van der Waals surface area contributed by atoms with Crippen molar-refractivity contribution in [1.29, 1.82) is 5.26 Å². The number of ether oxygens (including phenoxy) is 2. The molecule has 0 aromatic heterocycles. The Morgan fingerprint density at radius 2 is 2.08 bits per heavy atom. The van der Waals surface area contributed by atoms with E-state index in [4.69, 9.17) is 9.47 Å². The van der Waals surface area contributed by atoms with Gasteiger partial charge in [0.2, 0.25) is 0 Å². The Bertz CT molecular complexity index is 791. The van der Waals surface area contributed by atoms with Crippen LogP contribution in [-0.4, -0.2) is 32.8 Å². The van der Waals surface area contributed by atoms with E-state index in [1.54, 1.807) is 13.2 Å². The van der Waals surface area contributed by atoms with Crippen LogP contribution in [0.1, 0.15) is 12.5 Å². The highest BCUT2D eigenvalue weighted by atomic mass is 16.5. The molecule has 2 aromatic carbocycles. The summed E-state index contributed by atoms with van der Waals surface area (Å²) in [6, 6.07) is 13.6. The van der Waals surface area contributed by atoms with Gasteiger partial charge in [-0.3, -0.25) is 4.79 Å². The molecule has 0 aliphatic heterocycles. The highest BCUT2D eigenvalue weighted by Crippen LogP contribution is 2.30. The van der Waals surface area contributed by atoms with Gasteiger partial charge in [0.15, 0.2) is 0 Å². The Morgan fingerprint density at radius 1 is 1.29 bits per heavy atom. The van der Waals surface area contributed by atoms with Crippen molar-refractivity contribution in [1.82, 2.24) is 5.32 Å². The zero-order chi connectivity index (χ0) is 17.4. The van der Waals surface area contributed by atoms with Gasteiger partial charge in [-0.1, -0.05) is 30.3 Å². The predicted octanol–water partition coefficient (Wildman–Crippen LogP) is 2.91. The number of rotatable bonds is 7. The number of benzene rings is 2. The Kier molecular flexibility index (Phi) is 6.35. The smallest absolute Gasteiger partial charge is 0.262 e. The number of fused-ring (bicyclic) bond motifs is 1. The second-order valence-corrected chi connectivity index (χ2v) is 5.05. The molecule has 0 spiro atoms. The first-order valence-electron chi connectivity index (χ1n) is 7.74. The van der Waals surface area contributed by atoms with Gasteiger partial charge >= 0.3 is 0 Å². The van der Waals surface area contributed by atoms with Crippen molar-refractivity contribution in [3.8, 4) is 11.8 Å². The average Bonchev–Trinajstić information content (AvgIpc) is 2.61. The van der Waals surface area contributed by atoms with Crippen LogP contribution in [0.3, 0.4) is 0 Å². The van der Waals surface area contributed by atoms with Gasteiger partial charge in [-0.15, -0.1) is 0 Å². The second-order valence-electron chi connectivity index (χ2n) is 5.05. The van der Waals surface area contributed by atoms with Gasteiger partial charge in [0, 0.05) is 19.2 Å². The summed E-state index contributed by atoms with van der Waals surface area (Å²) in [6.07, 6.45) is 1.58. The van der Waals surface area contributed by atoms with Crippen LogP contribution in [0.5, 0.6) is 5.75 Å². The molecule has 0 radical (unpaired) electrons. The number of nitrogens with one attached hydrogen (secondary N) is 1. The summed E-state index contributed by atoms with van der Waals surface area (Å²) in [4.78, 5) is 12.2. The zero-order valence-corrected chi connectivity index (χ0v) is 13.8. The zero-order valence-electron chi connectivity index (χ0n) is 13.8. The van der Waals surface area contributed by atoms with Crippen molar-refractivity contribution < 1.29 is 14.3 Å². The number of amides is 1. The van der Waals surface area contributed by atoms with Crippen molar-refractivity contribution in [3.05, 3.63) is 47.5 Å². The van der Waals surface area contributed by atoms with E-state index < -0.39 is 5.91 Å². The number of hydrogen-bond donors (Lipinski definition) is 1. The molecule has 0 saturated heterocycles. The summed E-state index contributed by atoms with van der Waals surface area (Å²) in [6.45, 7) is 3.14. The third-order valence-electron chi connectivity index (χ3n) is 3.48. The topological polar surface area (TPSA) is 71.3 Å². The van der Waals surface area contributed by atoms with Crippen LogP contribution >= 0.6 is 0 Å². The van der Waals surface area contributed by atoms with Crippen LogP contribution in [0.2, 0.25) is 0 Å². The van der Waals surface area contributed by atoms with Gasteiger partial charge < -0.3 is 14.8 Å². The molecule has 2 rings (SSSR count). The second kappa shape index (κ2) is 8.70. The molecule has 0 saturated carbocycles. The summed E-state index contributed by atoms with van der Waals surface area (Å²) in [7, 11) is 1.55. The molecule has 5 nitrogen and oxygen atoms in total. The number of nitriles is 1. The Labute approximate surface area is 141 Å². The van der Waals surface area contributed by atoms with Gasteiger partial charge in [0.1, 0.15) is 17.4 Å². The van der Waals surface area contributed by atoms with E-state index in [9.17, 15) is 10.1 Å². The minimum atomic E-state index is -0.426. The van der Waals surface area contributed by atoms with Gasteiger partial charge in [0.05, 0.1) is 13.2 Å². The molecular weight excluding hydrogens is 304 g/mol. The lowest BCUT2D eigenvalue weighted by atomic mass is 10.0. The van der Waals surface area contributed by atoms with Crippen LogP contribution in [0.4, 0.5) is 0 Å². The first kappa shape index (κ1) is 17.5. The number of carbonyl (C=O) groups excluding carboxylic acids is 1. The quantitative estimate of drug-likeness (QED) is 0.483. The summed E-state index contributed by atoms with van der Waals surface area (Å²) < 4.78 is 10.6. The lowest BCUT2D eigenvalue weighted by molar-refractivity contribution is -0.117. The molecule has 5 heteroatoms.